The van der Waals surface area contributed by atoms with Crippen LogP contribution in [0.15, 0.2) is 54.9 Å². The molecule has 2 aromatic heterocycles. The molecule has 1 amide bonds. The fraction of sp³-hybridized carbons (Fsp3) is 0.167. The average molecular weight is 338 g/mol. The Hall–Kier alpha value is -2.60. The van der Waals surface area contributed by atoms with Crippen molar-refractivity contribution in [1.29, 1.82) is 0 Å². The van der Waals surface area contributed by atoms with Crippen molar-refractivity contribution < 1.29 is 4.79 Å². The average Bonchev–Trinajstić information content (AvgIpc) is 3.09. The lowest BCUT2D eigenvalue weighted by molar-refractivity contribution is 0.102. The van der Waals surface area contributed by atoms with Gasteiger partial charge in [-0.1, -0.05) is 25.1 Å². The van der Waals surface area contributed by atoms with E-state index in [0.29, 0.717) is 16.9 Å². The molecule has 0 unspecified atom stereocenters. The minimum atomic E-state index is -0.164. The fourth-order valence-corrected chi connectivity index (χ4v) is 2.89. The number of carbonyl (C=O) groups is 1. The number of anilines is 1. The molecule has 6 heteroatoms. The van der Waals surface area contributed by atoms with Gasteiger partial charge in [-0.3, -0.25) is 14.9 Å². The maximum absolute atomic E-state index is 12.4. The van der Waals surface area contributed by atoms with Crippen molar-refractivity contribution in [3.05, 3.63) is 66.0 Å². The Bertz CT molecular complexity index is 799. The van der Waals surface area contributed by atoms with E-state index in [9.17, 15) is 4.79 Å². The SMILES string of the molecule is CCSCc1ccc(C(=O)Nc2cn[nH]c2-c2ccccn2)cc1. The van der Waals surface area contributed by atoms with Crippen molar-refractivity contribution in [3.63, 3.8) is 0 Å². The van der Waals surface area contributed by atoms with Crippen molar-refractivity contribution in [2.75, 3.05) is 11.1 Å². The Morgan fingerprint density at radius 2 is 2.04 bits per heavy atom. The van der Waals surface area contributed by atoms with Gasteiger partial charge >= 0.3 is 0 Å². The summed E-state index contributed by atoms with van der Waals surface area (Å²) in [5, 5.41) is 9.78. The number of thioether (sulfide) groups is 1. The topological polar surface area (TPSA) is 70.7 Å². The van der Waals surface area contributed by atoms with Gasteiger partial charge in [-0.2, -0.15) is 16.9 Å². The molecule has 0 spiro atoms. The van der Waals surface area contributed by atoms with Crippen LogP contribution in [0.3, 0.4) is 0 Å². The van der Waals surface area contributed by atoms with Gasteiger partial charge < -0.3 is 5.32 Å². The third-order valence-corrected chi connectivity index (χ3v) is 4.44. The highest BCUT2D eigenvalue weighted by Crippen LogP contribution is 2.23. The molecule has 0 radical (unpaired) electrons. The molecule has 0 saturated carbocycles. The molecule has 0 fully saturated rings. The minimum absolute atomic E-state index is 0.164. The van der Waals surface area contributed by atoms with Crippen LogP contribution in [0.25, 0.3) is 11.4 Å². The predicted molar refractivity (Wildman–Crippen MR) is 98.0 cm³/mol. The standard InChI is InChI=1S/C18H18N4OS/c1-2-24-12-13-6-8-14(9-7-13)18(23)21-16-11-20-22-17(16)15-5-3-4-10-19-15/h3-11H,2,12H2,1H3,(H,20,22)(H,21,23). The number of hydrogen-bond donors (Lipinski definition) is 2. The number of rotatable bonds is 6. The number of H-pyrrole nitrogens is 1. The van der Waals surface area contributed by atoms with E-state index in [2.05, 4.69) is 27.4 Å². The van der Waals surface area contributed by atoms with Crippen LogP contribution in [0.2, 0.25) is 0 Å². The van der Waals surface area contributed by atoms with Crippen molar-refractivity contribution >= 4 is 23.4 Å². The highest BCUT2D eigenvalue weighted by atomic mass is 32.2. The molecule has 3 aromatic rings. The van der Waals surface area contributed by atoms with E-state index in [4.69, 9.17) is 0 Å². The summed E-state index contributed by atoms with van der Waals surface area (Å²) in [5.74, 6) is 1.88. The Labute approximate surface area is 144 Å². The second kappa shape index (κ2) is 7.79. The van der Waals surface area contributed by atoms with E-state index in [0.717, 1.165) is 17.2 Å². The summed E-state index contributed by atoms with van der Waals surface area (Å²) in [5.41, 5.74) is 3.88. The number of aromatic amines is 1. The summed E-state index contributed by atoms with van der Waals surface area (Å²) in [4.78, 5) is 16.7. The third kappa shape index (κ3) is 3.83. The number of hydrogen-bond acceptors (Lipinski definition) is 4. The lowest BCUT2D eigenvalue weighted by Gasteiger charge is -2.06. The highest BCUT2D eigenvalue weighted by molar-refractivity contribution is 7.98. The van der Waals surface area contributed by atoms with Crippen molar-refractivity contribution in [2.24, 2.45) is 0 Å². The fourth-order valence-electron chi connectivity index (χ4n) is 2.25. The summed E-state index contributed by atoms with van der Waals surface area (Å²) in [7, 11) is 0. The van der Waals surface area contributed by atoms with Crippen molar-refractivity contribution in [2.45, 2.75) is 12.7 Å². The van der Waals surface area contributed by atoms with Crippen LogP contribution in [0.1, 0.15) is 22.8 Å². The largest absolute Gasteiger partial charge is 0.319 e. The molecule has 0 saturated heterocycles. The number of nitrogens with one attached hydrogen (secondary N) is 2. The maximum atomic E-state index is 12.4. The second-order valence-corrected chi connectivity index (χ2v) is 6.44. The molecule has 0 bridgehead atoms. The first-order valence-corrected chi connectivity index (χ1v) is 8.86. The van der Waals surface area contributed by atoms with Gasteiger partial charge in [-0.05, 0) is 35.6 Å². The molecular weight excluding hydrogens is 320 g/mol. The molecule has 3 rings (SSSR count). The van der Waals surface area contributed by atoms with Gasteiger partial charge in [0.2, 0.25) is 0 Å². The van der Waals surface area contributed by atoms with Crippen LogP contribution in [-0.2, 0) is 5.75 Å². The van der Waals surface area contributed by atoms with Crippen LogP contribution in [0.5, 0.6) is 0 Å². The summed E-state index contributed by atoms with van der Waals surface area (Å²) in [6.07, 6.45) is 3.29. The van der Waals surface area contributed by atoms with E-state index in [1.165, 1.54) is 5.56 Å². The number of pyridine rings is 1. The van der Waals surface area contributed by atoms with E-state index in [-0.39, 0.29) is 5.91 Å². The van der Waals surface area contributed by atoms with Crippen LogP contribution < -0.4 is 5.32 Å². The zero-order valence-corrected chi connectivity index (χ0v) is 14.1. The molecular formula is C18H18N4OS. The number of carbonyl (C=O) groups excluding carboxylic acids is 1. The summed E-state index contributed by atoms with van der Waals surface area (Å²) >= 11 is 1.86. The first kappa shape index (κ1) is 16.3. The zero-order chi connectivity index (χ0) is 16.8. The van der Waals surface area contributed by atoms with E-state index in [1.54, 1.807) is 12.4 Å². The summed E-state index contributed by atoms with van der Waals surface area (Å²) < 4.78 is 0. The molecule has 0 aliphatic heterocycles. The van der Waals surface area contributed by atoms with Gasteiger partial charge in [-0.15, -0.1) is 0 Å². The van der Waals surface area contributed by atoms with Gasteiger partial charge in [0.25, 0.3) is 5.91 Å². The van der Waals surface area contributed by atoms with Gasteiger partial charge in [0.1, 0.15) is 5.69 Å². The van der Waals surface area contributed by atoms with Crippen LogP contribution in [0.4, 0.5) is 5.69 Å². The Morgan fingerprint density at radius 1 is 1.21 bits per heavy atom. The minimum Gasteiger partial charge on any atom is -0.319 e. The van der Waals surface area contributed by atoms with Crippen LogP contribution in [-0.4, -0.2) is 26.8 Å². The Morgan fingerprint density at radius 3 is 2.75 bits per heavy atom. The molecule has 1 aromatic carbocycles. The zero-order valence-electron chi connectivity index (χ0n) is 13.3. The first-order chi connectivity index (χ1) is 11.8. The molecule has 0 aliphatic carbocycles. The van der Waals surface area contributed by atoms with Crippen LogP contribution in [0, 0.1) is 0 Å². The lowest BCUT2D eigenvalue weighted by atomic mass is 10.1. The maximum Gasteiger partial charge on any atom is 0.255 e. The van der Waals surface area contributed by atoms with Crippen molar-refractivity contribution in [1.82, 2.24) is 15.2 Å². The molecule has 5 nitrogen and oxygen atoms in total. The summed E-state index contributed by atoms with van der Waals surface area (Å²) in [6, 6.07) is 13.3. The predicted octanol–water partition coefficient (Wildman–Crippen LogP) is 3.98. The van der Waals surface area contributed by atoms with E-state index >= 15 is 0 Å². The lowest BCUT2D eigenvalue weighted by Crippen LogP contribution is -2.12. The summed E-state index contributed by atoms with van der Waals surface area (Å²) in [6.45, 7) is 2.14. The molecule has 2 N–H and O–H groups in total. The first-order valence-electron chi connectivity index (χ1n) is 7.70. The smallest absolute Gasteiger partial charge is 0.255 e. The van der Waals surface area contributed by atoms with Crippen LogP contribution >= 0.6 is 11.8 Å². The van der Waals surface area contributed by atoms with Gasteiger partial charge in [0.05, 0.1) is 17.6 Å². The van der Waals surface area contributed by atoms with E-state index in [1.807, 2.05) is 54.2 Å². The quantitative estimate of drug-likeness (QED) is 0.713. The Kier molecular flexibility index (Phi) is 5.28. The monoisotopic (exact) mass is 338 g/mol. The third-order valence-electron chi connectivity index (χ3n) is 3.50. The molecule has 24 heavy (non-hydrogen) atoms. The van der Waals surface area contributed by atoms with Gasteiger partial charge in [0, 0.05) is 17.5 Å². The molecule has 122 valence electrons. The second-order valence-electron chi connectivity index (χ2n) is 5.16. The normalized spacial score (nSPS) is 10.5. The van der Waals surface area contributed by atoms with E-state index < -0.39 is 0 Å². The number of benzene rings is 1. The van der Waals surface area contributed by atoms with Gasteiger partial charge in [0.15, 0.2) is 0 Å². The molecule has 0 atom stereocenters. The number of amides is 1. The Balaban J connectivity index is 1.73. The van der Waals surface area contributed by atoms with Crippen molar-refractivity contribution in [3.8, 4) is 11.4 Å². The highest BCUT2D eigenvalue weighted by Gasteiger charge is 2.13. The molecule has 2 heterocycles. The number of aromatic nitrogens is 3. The molecule has 0 aliphatic rings. The number of nitrogens with zero attached hydrogens (tertiary/aromatic N) is 2. The van der Waals surface area contributed by atoms with Gasteiger partial charge in [-0.25, -0.2) is 0 Å².